The molecule has 1 heterocycles. The third-order valence-electron chi connectivity index (χ3n) is 6.87. The number of hydrogen-bond acceptors (Lipinski definition) is 5. The first kappa shape index (κ1) is 23.7. The second-order valence-electron chi connectivity index (χ2n) is 10.0. The molecule has 0 fully saturated rings. The van der Waals surface area contributed by atoms with Crippen molar-refractivity contribution in [3.8, 4) is 11.5 Å². The van der Waals surface area contributed by atoms with Gasteiger partial charge in [0.1, 0.15) is 0 Å². The number of para-hydroxylation sites is 3. The van der Waals surface area contributed by atoms with Gasteiger partial charge in [0.25, 0.3) is 5.91 Å². The standard InChI is InChI=1S/C30H30N2O4/c1-30(2)17-22-26(24(33)18-30)27(20-13-10-16-25(35-3)28(20)36-4)32(23-15-9-8-14-21(23)31-22)29(34)19-11-6-5-7-12-19/h5-16,27,31H,17-18H2,1-4H3/t27-/m0/s1. The number of ketones is 1. The summed E-state index contributed by atoms with van der Waals surface area (Å²) in [6, 6.07) is 21.7. The van der Waals surface area contributed by atoms with E-state index in [0.717, 1.165) is 11.4 Å². The lowest BCUT2D eigenvalue weighted by atomic mass is 9.73. The molecule has 0 saturated carbocycles. The number of nitrogens with one attached hydrogen (secondary N) is 1. The molecular weight excluding hydrogens is 452 g/mol. The van der Waals surface area contributed by atoms with E-state index in [1.165, 1.54) is 0 Å². The van der Waals surface area contributed by atoms with E-state index in [1.807, 2.05) is 60.7 Å². The fraction of sp³-hybridized carbons (Fsp3) is 0.267. The molecule has 3 aromatic carbocycles. The van der Waals surface area contributed by atoms with Gasteiger partial charge in [0.15, 0.2) is 17.3 Å². The summed E-state index contributed by atoms with van der Waals surface area (Å²) in [5.41, 5.74) is 3.92. The Balaban J connectivity index is 1.84. The van der Waals surface area contributed by atoms with E-state index in [9.17, 15) is 9.59 Å². The SMILES string of the molecule is COc1cccc([C@H]2C3=C(CC(C)(C)CC3=O)Nc3ccccc3N2C(=O)c2ccccc2)c1OC. The van der Waals surface area contributed by atoms with E-state index < -0.39 is 6.04 Å². The highest BCUT2D eigenvalue weighted by atomic mass is 16.5. The zero-order valence-electron chi connectivity index (χ0n) is 21.0. The van der Waals surface area contributed by atoms with Gasteiger partial charge in [-0.25, -0.2) is 0 Å². The Kier molecular flexibility index (Phi) is 6.04. The van der Waals surface area contributed by atoms with Crippen LogP contribution in [-0.4, -0.2) is 25.9 Å². The summed E-state index contributed by atoms with van der Waals surface area (Å²) in [6.07, 6.45) is 1.07. The molecule has 184 valence electrons. The molecule has 0 radical (unpaired) electrons. The van der Waals surface area contributed by atoms with Crippen LogP contribution in [0.25, 0.3) is 0 Å². The summed E-state index contributed by atoms with van der Waals surface area (Å²) in [5.74, 6) is 0.853. The molecule has 1 amide bonds. The Morgan fingerprint density at radius 2 is 1.64 bits per heavy atom. The molecule has 6 nitrogen and oxygen atoms in total. The maximum absolute atomic E-state index is 14.3. The lowest BCUT2D eigenvalue weighted by Gasteiger charge is -2.37. The molecule has 0 spiro atoms. The molecule has 6 heteroatoms. The molecule has 2 aliphatic rings. The van der Waals surface area contributed by atoms with Crippen molar-refractivity contribution in [3.05, 3.63) is 95.2 Å². The number of carbonyl (C=O) groups excluding carboxylic acids is 2. The van der Waals surface area contributed by atoms with E-state index in [2.05, 4.69) is 19.2 Å². The van der Waals surface area contributed by atoms with Crippen LogP contribution in [0.3, 0.4) is 0 Å². The van der Waals surface area contributed by atoms with Gasteiger partial charge in [-0.1, -0.05) is 56.3 Å². The van der Waals surface area contributed by atoms with Crippen molar-refractivity contribution in [1.82, 2.24) is 0 Å². The average molecular weight is 483 g/mol. The van der Waals surface area contributed by atoms with Gasteiger partial charge in [-0.05, 0) is 42.2 Å². The van der Waals surface area contributed by atoms with Crippen LogP contribution in [0.1, 0.15) is 48.7 Å². The van der Waals surface area contributed by atoms with Crippen molar-refractivity contribution in [2.24, 2.45) is 5.41 Å². The van der Waals surface area contributed by atoms with Crippen molar-refractivity contribution >= 4 is 23.1 Å². The number of amides is 1. The van der Waals surface area contributed by atoms with Crippen LogP contribution in [0.5, 0.6) is 11.5 Å². The molecular formula is C30H30N2O4. The minimum atomic E-state index is -0.711. The van der Waals surface area contributed by atoms with Crippen LogP contribution < -0.4 is 19.7 Å². The predicted molar refractivity (Wildman–Crippen MR) is 141 cm³/mol. The van der Waals surface area contributed by atoms with Gasteiger partial charge >= 0.3 is 0 Å². The number of nitrogens with zero attached hydrogens (tertiary/aromatic N) is 1. The molecule has 1 atom stereocenters. The molecule has 1 aliphatic heterocycles. The van der Waals surface area contributed by atoms with Crippen LogP contribution >= 0.6 is 0 Å². The maximum Gasteiger partial charge on any atom is 0.259 e. The molecule has 0 saturated heterocycles. The zero-order valence-corrected chi connectivity index (χ0v) is 21.0. The molecule has 5 rings (SSSR count). The Labute approximate surface area is 211 Å². The highest BCUT2D eigenvalue weighted by Gasteiger charge is 2.44. The lowest BCUT2D eigenvalue weighted by Crippen LogP contribution is -2.39. The van der Waals surface area contributed by atoms with Crippen LogP contribution in [0, 0.1) is 5.41 Å². The molecule has 36 heavy (non-hydrogen) atoms. The number of allylic oxidation sites excluding steroid dienone is 1. The van der Waals surface area contributed by atoms with Gasteiger partial charge in [0.2, 0.25) is 0 Å². The lowest BCUT2D eigenvalue weighted by molar-refractivity contribution is -0.118. The first-order valence-corrected chi connectivity index (χ1v) is 12.1. The summed E-state index contributed by atoms with van der Waals surface area (Å²) in [6.45, 7) is 4.20. The highest BCUT2D eigenvalue weighted by molar-refractivity contribution is 6.12. The van der Waals surface area contributed by atoms with Crippen molar-refractivity contribution in [2.45, 2.75) is 32.7 Å². The smallest absolute Gasteiger partial charge is 0.259 e. The molecule has 1 N–H and O–H groups in total. The molecule has 3 aromatic rings. The maximum atomic E-state index is 14.3. The number of hydrogen-bond donors (Lipinski definition) is 1. The largest absolute Gasteiger partial charge is 0.493 e. The number of methoxy groups -OCH3 is 2. The van der Waals surface area contributed by atoms with Gasteiger partial charge in [0.05, 0.1) is 31.6 Å². The quantitative estimate of drug-likeness (QED) is 0.482. The van der Waals surface area contributed by atoms with Crippen LogP contribution in [-0.2, 0) is 4.79 Å². The third-order valence-corrected chi connectivity index (χ3v) is 6.87. The van der Waals surface area contributed by atoms with Crippen molar-refractivity contribution in [3.63, 3.8) is 0 Å². The second kappa shape index (κ2) is 9.19. The summed E-state index contributed by atoms with van der Waals surface area (Å²) in [7, 11) is 3.16. The number of Topliss-reactive ketones (excluding diaryl/α,β-unsaturated/α-hetero) is 1. The third kappa shape index (κ3) is 4.02. The van der Waals surface area contributed by atoms with Gasteiger partial charge in [-0.15, -0.1) is 0 Å². The van der Waals surface area contributed by atoms with Crippen LogP contribution in [0.4, 0.5) is 11.4 Å². The summed E-state index contributed by atoms with van der Waals surface area (Å²) in [5, 5.41) is 3.54. The molecule has 0 unspecified atom stereocenters. The van der Waals surface area contributed by atoms with E-state index in [0.29, 0.717) is 46.7 Å². The van der Waals surface area contributed by atoms with Crippen molar-refractivity contribution < 1.29 is 19.1 Å². The Hall–Kier alpha value is -4.06. The van der Waals surface area contributed by atoms with E-state index in [1.54, 1.807) is 31.3 Å². The Morgan fingerprint density at radius 3 is 2.36 bits per heavy atom. The summed E-state index contributed by atoms with van der Waals surface area (Å²) in [4.78, 5) is 29.9. The van der Waals surface area contributed by atoms with E-state index in [4.69, 9.17) is 9.47 Å². The minimum Gasteiger partial charge on any atom is -0.493 e. The second-order valence-corrected chi connectivity index (χ2v) is 10.0. The van der Waals surface area contributed by atoms with E-state index >= 15 is 0 Å². The number of benzene rings is 3. The predicted octanol–water partition coefficient (Wildman–Crippen LogP) is 6.16. The highest BCUT2D eigenvalue weighted by Crippen LogP contribution is 2.51. The fourth-order valence-corrected chi connectivity index (χ4v) is 5.35. The summed E-state index contributed by atoms with van der Waals surface area (Å²) < 4.78 is 11.4. The van der Waals surface area contributed by atoms with E-state index in [-0.39, 0.29) is 17.1 Å². The van der Waals surface area contributed by atoms with Gasteiger partial charge < -0.3 is 14.8 Å². The zero-order chi connectivity index (χ0) is 25.4. The van der Waals surface area contributed by atoms with Crippen molar-refractivity contribution in [2.75, 3.05) is 24.4 Å². The fourth-order valence-electron chi connectivity index (χ4n) is 5.35. The minimum absolute atomic E-state index is 0.0160. The normalized spacial score (nSPS) is 18.5. The van der Waals surface area contributed by atoms with Gasteiger partial charge in [-0.3, -0.25) is 14.5 Å². The molecule has 0 aromatic heterocycles. The van der Waals surface area contributed by atoms with Crippen LogP contribution in [0.15, 0.2) is 84.1 Å². The number of carbonyl (C=O) groups is 2. The van der Waals surface area contributed by atoms with Gasteiger partial charge in [-0.2, -0.15) is 0 Å². The number of fused-ring (bicyclic) bond motifs is 1. The van der Waals surface area contributed by atoms with Crippen molar-refractivity contribution in [1.29, 1.82) is 0 Å². The first-order chi connectivity index (χ1) is 17.3. The average Bonchev–Trinajstić information content (AvgIpc) is 3.01. The Bertz CT molecular complexity index is 1360. The number of anilines is 2. The topological polar surface area (TPSA) is 67.9 Å². The molecule has 1 aliphatic carbocycles. The monoisotopic (exact) mass is 482 g/mol. The molecule has 0 bridgehead atoms. The van der Waals surface area contributed by atoms with Crippen LogP contribution in [0.2, 0.25) is 0 Å². The number of rotatable bonds is 4. The first-order valence-electron chi connectivity index (χ1n) is 12.1. The summed E-state index contributed by atoms with van der Waals surface area (Å²) >= 11 is 0. The number of ether oxygens (including phenoxy) is 2. The van der Waals surface area contributed by atoms with Gasteiger partial charge in [0, 0.05) is 28.8 Å². The Morgan fingerprint density at radius 1 is 0.917 bits per heavy atom.